The van der Waals surface area contributed by atoms with Gasteiger partial charge in [-0.3, -0.25) is 0 Å². The van der Waals surface area contributed by atoms with Crippen molar-refractivity contribution in [1.82, 2.24) is 4.98 Å². The Morgan fingerprint density at radius 2 is 2.22 bits per heavy atom. The van der Waals surface area contributed by atoms with Gasteiger partial charge in [0.1, 0.15) is 0 Å². The molecule has 0 saturated carbocycles. The van der Waals surface area contributed by atoms with Gasteiger partial charge in [0.15, 0.2) is 5.13 Å². The summed E-state index contributed by atoms with van der Waals surface area (Å²) in [4.78, 5) is 7.95. The zero-order valence-electron chi connectivity index (χ0n) is 11.6. The first-order chi connectivity index (χ1) is 8.43. The Bertz CT molecular complexity index is 415. The molecule has 1 aliphatic rings. The summed E-state index contributed by atoms with van der Waals surface area (Å²) >= 11 is 1.60. The molecule has 0 aliphatic carbocycles. The third kappa shape index (κ3) is 2.84. The smallest absolute Gasteiger partial charge is 0.186 e. The quantitative estimate of drug-likeness (QED) is 0.916. The van der Waals surface area contributed by atoms with Crippen LogP contribution in [0.15, 0.2) is 0 Å². The van der Waals surface area contributed by atoms with Gasteiger partial charge in [-0.25, -0.2) is 4.98 Å². The molecule has 0 bridgehead atoms. The summed E-state index contributed by atoms with van der Waals surface area (Å²) in [5.41, 5.74) is 0.906. The fourth-order valence-corrected chi connectivity index (χ4v) is 3.33. The molecule has 0 spiro atoms. The van der Waals surface area contributed by atoms with Gasteiger partial charge in [0.25, 0.3) is 0 Å². The first-order valence-electron chi connectivity index (χ1n) is 6.42. The molecule has 1 aliphatic heterocycles. The Morgan fingerprint density at radius 1 is 1.50 bits per heavy atom. The molecule has 0 aromatic carbocycles. The maximum absolute atomic E-state index is 9.41. The molecule has 5 heteroatoms. The molecular formula is C13H22N2O2S. The van der Waals surface area contributed by atoms with E-state index in [1.165, 1.54) is 0 Å². The van der Waals surface area contributed by atoms with Crippen LogP contribution in [0.1, 0.15) is 44.2 Å². The van der Waals surface area contributed by atoms with Crippen LogP contribution in [-0.4, -0.2) is 35.4 Å². The number of nitrogens with zero attached hydrogens (tertiary/aromatic N) is 2. The Labute approximate surface area is 113 Å². The lowest BCUT2D eigenvalue weighted by molar-refractivity contribution is -0.0277. The molecule has 4 nitrogen and oxygen atoms in total. The molecule has 1 N–H and O–H groups in total. The van der Waals surface area contributed by atoms with E-state index in [2.05, 4.69) is 32.6 Å². The van der Waals surface area contributed by atoms with Crippen molar-refractivity contribution >= 4 is 16.5 Å². The number of hydrogen-bond acceptors (Lipinski definition) is 5. The van der Waals surface area contributed by atoms with E-state index in [1.54, 1.807) is 11.3 Å². The van der Waals surface area contributed by atoms with Crippen molar-refractivity contribution in [3.05, 3.63) is 10.6 Å². The van der Waals surface area contributed by atoms with Crippen LogP contribution in [0.2, 0.25) is 0 Å². The summed E-state index contributed by atoms with van der Waals surface area (Å²) in [6, 6.07) is 0. The van der Waals surface area contributed by atoms with Gasteiger partial charge in [0, 0.05) is 13.1 Å². The van der Waals surface area contributed by atoms with Crippen LogP contribution < -0.4 is 4.90 Å². The normalized spacial score (nSPS) is 19.6. The minimum atomic E-state index is -0.124. The van der Waals surface area contributed by atoms with Gasteiger partial charge >= 0.3 is 0 Å². The predicted molar refractivity (Wildman–Crippen MR) is 74.4 cm³/mol. The van der Waals surface area contributed by atoms with Crippen LogP contribution in [0.3, 0.4) is 0 Å². The van der Waals surface area contributed by atoms with Crippen molar-refractivity contribution < 1.29 is 9.84 Å². The number of anilines is 1. The average molecular weight is 270 g/mol. The summed E-state index contributed by atoms with van der Waals surface area (Å²) in [5, 5.41) is 10.4. The first kappa shape index (κ1) is 13.8. The fraction of sp³-hybridized carbons (Fsp3) is 0.769. The molecule has 1 fully saturated rings. The molecule has 2 rings (SSSR count). The van der Waals surface area contributed by atoms with E-state index in [1.807, 2.05) is 0 Å². The van der Waals surface area contributed by atoms with E-state index >= 15 is 0 Å². The highest BCUT2D eigenvalue weighted by atomic mass is 32.1. The summed E-state index contributed by atoms with van der Waals surface area (Å²) in [5.74, 6) is 0.353. The molecule has 2 heterocycles. The number of thiazole rings is 1. The Morgan fingerprint density at radius 3 is 2.72 bits per heavy atom. The molecule has 1 aromatic rings. The second-order valence-corrected chi connectivity index (χ2v) is 6.71. The number of rotatable bonds is 3. The Balaban J connectivity index is 2.23. The van der Waals surface area contributed by atoms with Crippen LogP contribution in [-0.2, 0) is 11.3 Å². The largest absolute Gasteiger partial charge is 0.391 e. The number of aliphatic hydroxyl groups excluding tert-OH is 1. The third-order valence-corrected chi connectivity index (χ3v) is 4.22. The zero-order valence-corrected chi connectivity index (χ0v) is 12.4. The lowest BCUT2D eigenvalue weighted by Gasteiger charge is -2.38. The van der Waals surface area contributed by atoms with Crippen LogP contribution in [0.4, 0.5) is 5.13 Å². The standard InChI is InChI=1S/C13H22N2O2S/c1-9(2)11-10(7-16)18-12(14-11)15-5-6-17-13(3,4)8-15/h9,16H,5-8H2,1-4H3. The zero-order chi connectivity index (χ0) is 13.3. The van der Waals surface area contributed by atoms with Crippen molar-refractivity contribution in [2.24, 2.45) is 0 Å². The summed E-state index contributed by atoms with van der Waals surface area (Å²) in [6.45, 7) is 11.0. The van der Waals surface area contributed by atoms with Crippen LogP contribution in [0.25, 0.3) is 0 Å². The fourth-order valence-electron chi connectivity index (χ4n) is 2.23. The molecule has 102 valence electrons. The molecule has 0 amide bonds. The lowest BCUT2D eigenvalue weighted by atomic mass is 10.1. The van der Waals surface area contributed by atoms with Gasteiger partial charge in [0.2, 0.25) is 0 Å². The van der Waals surface area contributed by atoms with Crippen molar-refractivity contribution in [2.45, 2.75) is 45.8 Å². The lowest BCUT2D eigenvalue weighted by Crippen LogP contribution is -2.48. The van der Waals surface area contributed by atoms with Crippen LogP contribution in [0, 0.1) is 0 Å². The van der Waals surface area contributed by atoms with Gasteiger partial charge < -0.3 is 14.7 Å². The molecule has 0 atom stereocenters. The van der Waals surface area contributed by atoms with E-state index < -0.39 is 0 Å². The third-order valence-electron chi connectivity index (χ3n) is 3.10. The second kappa shape index (κ2) is 5.15. The molecule has 0 radical (unpaired) electrons. The van der Waals surface area contributed by atoms with Gasteiger partial charge in [-0.15, -0.1) is 0 Å². The van der Waals surface area contributed by atoms with Crippen molar-refractivity contribution in [1.29, 1.82) is 0 Å². The number of aliphatic hydroxyl groups is 1. The molecule has 1 aromatic heterocycles. The summed E-state index contributed by atoms with van der Waals surface area (Å²) in [6.07, 6.45) is 0. The summed E-state index contributed by atoms with van der Waals surface area (Å²) < 4.78 is 5.71. The predicted octanol–water partition coefficient (Wildman–Crippen LogP) is 2.37. The molecule has 1 saturated heterocycles. The van der Waals surface area contributed by atoms with E-state index in [0.717, 1.165) is 35.4 Å². The molecular weight excluding hydrogens is 248 g/mol. The number of ether oxygens (including phenoxy) is 1. The van der Waals surface area contributed by atoms with Gasteiger partial charge in [-0.2, -0.15) is 0 Å². The Kier molecular flexibility index (Phi) is 3.94. The minimum absolute atomic E-state index is 0.0823. The van der Waals surface area contributed by atoms with Gasteiger partial charge in [-0.05, 0) is 19.8 Å². The Hall–Kier alpha value is -0.650. The maximum Gasteiger partial charge on any atom is 0.186 e. The van der Waals surface area contributed by atoms with Gasteiger partial charge in [0.05, 0.1) is 29.4 Å². The minimum Gasteiger partial charge on any atom is -0.391 e. The summed E-state index contributed by atoms with van der Waals surface area (Å²) in [7, 11) is 0. The van der Waals surface area contributed by atoms with Gasteiger partial charge in [-0.1, -0.05) is 25.2 Å². The van der Waals surface area contributed by atoms with E-state index in [9.17, 15) is 5.11 Å². The number of aromatic nitrogens is 1. The average Bonchev–Trinajstić information content (AvgIpc) is 2.71. The van der Waals surface area contributed by atoms with Crippen LogP contribution in [0.5, 0.6) is 0 Å². The SMILES string of the molecule is CC(C)c1nc(N2CCOC(C)(C)C2)sc1CO. The van der Waals surface area contributed by atoms with E-state index in [4.69, 9.17) is 9.72 Å². The highest BCUT2D eigenvalue weighted by Crippen LogP contribution is 2.32. The topological polar surface area (TPSA) is 45.6 Å². The monoisotopic (exact) mass is 270 g/mol. The van der Waals surface area contributed by atoms with Crippen LogP contribution >= 0.6 is 11.3 Å². The maximum atomic E-state index is 9.41. The van der Waals surface area contributed by atoms with Crippen molar-refractivity contribution in [3.63, 3.8) is 0 Å². The van der Waals surface area contributed by atoms with E-state index in [-0.39, 0.29) is 12.2 Å². The molecule has 0 unspecified atom stereocenters. The first-order valence-corrected chi connectivity index (χ1v) is 7.24. The van der Waals surface area contributed by atoms with E-state index in [0.29, 0.717) is 5.92 Å². The highest BCUT2D eigenvalue weighted by Gasteiger charge is 2.29. The second-order valence-electron chi connectivity index (χ2n) is 5.65. The van der Waals surface area contributed by atoms with Crippen molar-refractivity contribution in [3.8, 4) is 0 Å². The number of hydrogen-bond donors (Lipinski definition) is 1. The highest BCUT2D eigenvalue weighted by molar-refractivity contribution is 7.15. The van der Waals surface area contributed by atoms with Crippen molar-refractivity contribution in [2.75, 3.05) is 24.6 Å². The molecule has 18 heavy (non-hydrogen) atoms. The number of morpholine rings is 1.